The van der Waals surface area contributed by atoms with E-state index in [0.717, 1.165) is 29.6 Å². The highest BCUT2D eigenvalue weighted by atomic mass is 14.7. The lowest BCUT2D eigenvalue weighted by molar-refractivity contribution is -0.114. The molecule has 4 fully saturated rings. The topological polar surface area (TPSA) is 52.0 Å². The first-order valence-corrected chi connectivity index (χ1v) is 10.4. The quantitative estimate of drug-likeness (QED) is 0.756. The summed E-state index contributed by atoms with van der Waals surface area (Å²) in [4.78, 5) is 0. The zero-order valence-electron chi connectivity index (χ0n) is 15.6. The number of rotatable bonds is 1. The van der Waals surface area contributed by atoms with E-state index in [1.54, 1.807) is 0 Å². The lowest BCUT2D eigenvalue weighted by Crippen LogP contribution is -2.55. The Morgan fingerprint density at radius 1 is 0.870 bits per heavy atom. The molecule has 0 saturated heterocycles. The Balaban J connectivity index is 1.60. The van der Waals surface area contributed by atoms with Crippen molar-refractivity contribution in [1.29, 1.82) is 0 Å². The van der Waals surface area contributed by atoms with Crippen LogP contribution in [0, 0.1) is 40.4 Å². The molecule has 4 rings (SSSR count). The van der Waals surface area contributed by atoms with Gasteiger partial charge in [0.1, 0.15) is 0 Å². The van der Waals surface area contributed by atoms with Crippen LogP contribution in [0.15, 0.2) is 0 Å². The van der Waals surface area contributed by atoms with E-state index in [0.29, 0.717) is 22.9 Å². The summed E-state index contributed by atoms with van der Waals surface area (Å²) in [6.07, 6.45) is 12.6. The van der Waals surface area contributed by atoms with Crippen molar-refractivity contribution in [2.75, 3.05) is 0 Å². The molecule has 0 amide bonds. The Morgan fingerprint density at radius 2 is 1.57 bits per heavy atom. The Bertz CT molecular complexity index is 461. The van der Waals surface area contributed by atoms with Gasteiger partial charge in [0.05, 0.1) is 0 Å². The molecule has 0 radical (unpaired) electrons. The zero-order chi connectivity index (χ0) is 16.4. The van der Waals surface area contributed by atoms with Gasteiger partial charge in [0.15, 0.2) is 0 Å². The zero-order valence-corrected chi connectivity index (χ0v) is 15.6. The Kier molecular flexibility index (Phi) is 3.89. The molecule has 4 saturated carbocycles. The second kappa shape index (κ2) is 5.46. The molecule has 0 aromatic heterocycles. The molecule has 132 valence electrons. The molecule has 4 aliphatic carbocycles. The van der Waals surface area contributed by atoms with Crippen molar-refractivity contribution in [2.24, 2.45) is 51.9 Å². The van der Waals surface area contributed by atoms with Gasteiger partial charge in [-0.15, -0.1) is 0 Å². The fourth-order valence-corrected chi connectivity index (χ4v) is 8.20. The molecule has 9 atom stereocenters. The van der Waals surface area contributed by atoms with Crippen LogP contribution in [0.5, 0.6) is 0 Å². The predicted octanol–water partition coefficient (Wildman–Crippen LogP) is 4.32. The number of nitrogens with two attached hydrogens (primary N) is 2. The Labute approximate surface area is 143 Å². The molecule has 9 unspecified atom stereocenters. The van der Waals surface area contributed by atoms with Crippen LogP contribution in [0.1, 0.15) is 78.6 Å². The van der Waals surface area contributed by atoms with Crippen molar-refractivity contribution < 1.29 is 0 Å². The summed E-state index contributed by atoms with van der Waals surface area (Å²) in [6, 6.07) is 0.855. The number of hydrogen-bond acceptors (Lipinski definition) is 2. The molecule has 0 spiro atoms. The third-order valence-electron chi connectivity index (χ3n) is 9.41. The highest BCUT2D eigenvalue weighted by Crippen LogP contribution is 2.67. The van der Waals surface area contributed by atoms with Gasteiger partial charge in [0.25, 0.3) is 0 Å². The summed E-state index contributed by atoms with van der Waals surface area (Å²) in [5, 5.41) is 0. The number of hydrogen-bond donors (Lipinski definition) is 2. The van der Waals surface area contributed by atoms with Crippen LogP contribution in [0.4, 0.5) is 0 Å². The smallest absolute Gasteiger partial charge is 0.00440 e. The maximum Gasteiger partial charge on any atom is 0.00440 e. The standard InChI is InChI=1S/C21H38N2/c1-13(22)17-6-7-18-16-5-4-14-12-15(23)8-10-20(14,2)19(16)9-11-21(17,18)3/h13-19H,4-12,22-23H2,1-3H3. The highest BCUT2D eigenvalue weighted by Gasteiger charge is 2.60. The van der Waals surface area contributed by atoms with E-state index in [1.165, 1.54) is 57.8 Å². The minimum atomic E-state index is 0.376. The van der Waals surface area contributed by atoms with Crippen LogP contribution in [0.3, 0.4) is 0 Å². The van der Waals surface area contributed by atoms with E-state index in [-0.39, 0.29) is 0 Å². The summed E-state index contributed by atoms with van der Waals surface area (Å²) >= 11 is 0. The Hall–Kier alpha value is -0.0800. The molecular formula is C21H38N2. The molecule has 0 aromatic carbocycles. The molecule has 23 heavy (non-hydrogen) atoms. The second-order valence-corrected chi connectivity index (χ2v) is 10.3. The first-order valence-electron chi connectivity index (χ1n) is 10.4. The van der Waals surface area contributed by atoms with Crippen LogP contribution in [0.2, 0.25) is 0 Å². The molecule has 0 bridgehead atoms. The highest BCUT2D eigenvalue weighted by molar-refractivity contribution is 5.10. The van der Waals surface area contributed by atoms with Gasteiger partial charge < -0.3 is 11.5 Å². The Morgan fingerprint density at radius 3 is 2.30 bits per heavy atom. The van der Waals surface area contributed by atoms with Gasteiger partial charge in [-0.05, 0) is 105 Å². The van der Waals surface area contributed by atoms with Crippen LogP contribution in [-0.2, 0) is 0 Å². The fourth-order valence-electron chi connectivity index (χ4n) is 8.20. The summed E-state index contributed by atoms with van der Waals surface area (Å²) in [6.45, 7) is 7.49. The monoisotopic (exact) mass is 318 g/mol. The van der Waals surface area contributed by atoms with E-state index < -0.39 is 0 Å². The average Bonchev–Trinajstić information content (AvgIpc) is 2.85. The van der Waals surface area contributed by atoms with Crippen molar-refractivity contribution >= 4 is 0 Å². The van der Waals surface area contributed by atoms with Crippen LogP contribution in [0.25, 0.3) is 0 Å². The first-order chi connectivity index (χ1) is 10.9. The van der Waals surface area contributed by atoms with Crippen molar-refractivity contribution in [3.63, 3.8) is 0 Å². The summed E-state index contributed by atoms with van der Waals surface area (Å²) in [5.41, 5.74) is 13.8. The minimum Gasteiger partial charge on any atom is -0.328 e. The predicted molar refractivity (Wildman–Crippen MR) is 96.8 cm³/mol. The van der Waals surface area contributed by atoms with Crippen molar-refractivity contribution in [1.82, 2.24) is 0 Å². The van der Waals surface area contributed by atoms with E-state index in [1.807, 2.05) is 0 Å². The molecule has 4 aliphatic rings. The third-order valence-corrected chi connectivity index (χ3v) is 9.41. The summed E-state index contributed by atoms with van der Waals surface area (Å²) < 4.78 is 0. The van der Waals surface area contributed by atoms with Crippen molar-refractivity contribution in [2.45, 2.75) is 90.6 Å². The third kappa shape index (κ3) is 2.27. The van der Waals surface area contributed by atoms with Crippen molar-refractivity contribution in [3.05, 3.63) is 0 Å². The van der Waals surface area contributed by atoms with E-state index in [2.05, 4.69) is 20.8 Å². The van der Waals surface area contributed by atoms with Gasteiger partial charge in [-0.2, -0.15) is 0 Å². The fraction of sp³-hybridized carbons (Fsp3) is 1.00. The first kappa shape index (κ1) is 16.4. The maximum absolute atomic E-state index is 6.39. The molecule has 4 N–H and O–H groups in total. The molecule has 0 aliphatic heterocycles. The summed E-state index contributed by atoms with van der Waals surface area (Å²) in [5.74, 6) is 4.57. The summed E-state index contributed by atoms with van der Waals surface area (Å²) in [7, 11) is 0. The van der Waals surface area contributed by atoms with Gasteiger partial charge in [0, 0.05) is 12.1 Å². The van der Waals surface area contributed by atoms with Gasteiger partial charge in [-0.3, -0.25) is 0 Å². The lowest BCUT2D eigenvalue weighted by Gasteiger charge is -2.61. The van der Waals surface area contributed by atoms with Gasteiger partial charge in [0.2, 0.25) is 0 Å². The largest absolute Gasteiger partial charge is 0.328 e. The molecule has 2 nitrogen and oxygen atoms in total. The SMILES string of the molecule is CC(N)C1CCC2C3CCC4CC(N)CCC4(C)C3CCC12C. The van der Waals surface area contributed by atoms with E-state index >= 15 is 0 Å². The normalized spacial score (nSPS) is 57.3. The average molecular weight is 319 g/mol. The van der Waals surface area contributed by atoms with E-state index in [4.69, 9.17) is 11.5 Å². The van der Waals surface area contributed by atoms with Gasteiger partial charge in [-0.1, -0.05) is 13.8 Å². The van der Waals surface area contributed by atoms with Gasteiger partial charge in [-0.25, -0.2) is 0 Å². The molecule has 0 aromatic rings. The molecule has 2 heteroatoms. The van der Waals surface area contributed by atoms with E-state index in [9.17, 15) is 0 Å². The minimum absolute atomic E-state index is 0.376. The lowest BCUT2D eigenvalue weighted by atomic mass is 9.44. The van der Waals surface area contributed by atoms with Gasteiger partial charge >= 0.3 is 0 Å². The molecule has 0 heterocycles. The maximum atomic E-state index is 6.39. The van der Waals surface area contributed by atoms with Crippen molar-refractivity contribution in [3.8, 4) is 0 Å². The van der Waals surface area contributed by atoms with Crippen LogP contribution in [-0.4, -0.2) is 12.1 Å². The van der Waals surface area contributed by atoms with Crippen LogP contribution >= 0.6 is 0 Å². The van der Waals surface area contributed by atoms with Crippen LogP contribution < -0.4 is 11.5 Å². The molecular weight excluding hydrogens is 280 g/mol. The number of fused-ring (bicyclic) bond motifs is 5. The second-order valence-electron chi connectivity index (χ2n) is 10.3.